The second-order valence-corrected chi connectivity index (χ2v) is 7.32. The van der Waals surface area contributed by atoms with Crippen molar-refractivity contribution < 1.29 is 14.3 Å². The van der Waals surface area contributed by atoms with Crippen molar-refractivity contribution in [3.05, 3.63) is 0 Å². The number of methoxy groups -OCH3 is 1. The van der Waals surface area contributed by atoms with Crippen molar-refractivity contribution in [2.75, 3.05) is 33.4 Å². The van der Waals surface area contributed by atoms with Crippen LogP contribution in [-0.2, 0) is 14.3 Å². The van der Waals surface area contributed by atoms with Gasteiger partial charge >= 0.3 is 0 Å². The summed E-state index contributed by atoms with van der Waals surface area (Å²) in [4.78, 5) is 14.5. The maximum atomic E-state index is 12.6. The molecule has 1 amide bonds. The molecule has 0 bridgehead atoms. The SMILES string of the molecule is COCC1CCCN(C(=O)C(N)C(C)OCC2CCCCC2)C1. The van der Waals surface area contributed by atoms with Crippen molar-refractivity contribution in [1.29, 1.82) is 0 Å². The maximum Gasteiger partial charge on any atom is 0.242 e. The van der Waals surface area contributed by atoms with Gasteiger partial charge in [0.2, 0.25) is 5.91 Å². The van der Waals surface area contributed by atoms with Crippen LogP contribution < -0.4 is 5.73 Å². The minimum Gasteiger partial charge on any atom is -0.384 e. The van der Waals surface area contributed by atoms with Gasteiger partial charge < -0.3 is 20.1 Å². The number of rotatable bonds is 7. The molecular formula is C18H34N2O3. The summed E-state index contributed by atoms with van der Waals surface area (Å²) in [6, 6.07) is -0.556. The van der Waals surface area contributed by atoms with Crippen molar-refractivity contribution >= 4 is 5.91 Å². The molecule has 23 heavy (non-hydrogen) atoms. The summed E-state index contributed by atoms with van der Waals surface area (Å²) in [6.45, 7) is 4.96. The number of carbonyl (C=O) groups is 1. The lowest BCUT2D eigenvalue weighted by atomic mass is 9.90. The minimum absolute atomic E-state index is 0.0296. The van der Waals surface area contributed by atoms with Crippen LogP contribution >= 0.6 is 0 Å². The first kappa shape index (κ1) is 18.7. The van der Waals surface area contributed by atoms with Crippen LogP contribution in [0.4, 0.5) is 0 Å². The molecule has 0 aromatic heterocycles. The number of piperidine rings is 1. The largest absolute Gasteiger partial charge is 0.384 e. The summed E-state index contributed by atoms with van der Waals surface area (Å²) >= 11 is 0. The summed E-state index contributed by atoms with van der Waals surface area (Å²) in [6.07, 6.45) is 8.41. The van der Waals surface area contributed by atoms with Crippen molar-refractivity contribution in [2.45, 2.75) is 64.0 Å². The van der Waals surface area contributed by atoms with Gasteiger partial charge in [0.05, 0.1) is 12.7 Å². The molecule has 0 aromatic rings. The monoisotopic (exact) mass is 326 g/mol. The first-order valence-corrected chi connectivity index (χ1v) is 9.26. The molecule has 1 saturated carbocycles. The zero-order chi connectivity index (χ0) is 16.7. The van der Waals surface area contributed by atoms with Crippen LogP contribution in [0.15, 0.2) is 0 Å². The third kappa shape index (κ3) is 5.73. The Bertz CT molecular complexity index is 356. The van der Waals surface area contributed by atoms with Crippen molar-refractivity contribution in [3.8, 4) is 0 Å². The second-order valence-electron chi connectivity index (χ2n) is 7.32. The predicted octanol–water partition coefficient (Wildman–Crippen LogP) is 2.18. The standard InChI is InChI=1S/C18H34N2O3/c1-14(23-13-15-7-4-3-5-8-15)17(19)18(21)20-10-6-9-16(11-20)12-22-2/h14-17H,3-13,19H2,1-2H3. The van der Waals surface area contributed by atoms with E-state index >= 15 is 0 Å². The summed E-state index contributed by atoms with van der Waals surface area (Å²) in [5, 5.41) is 0. The Morgan fingerprint density at radius 3 is 2.52 bits per heavy atom. The molecule has 2 aliphatic rings. The number of nitrogens with two attached hydrogens (primary N) is 1. The number of likely N-dealkylation sites (tertiary alicyclic amines) is 1. The highest BCUT2D eigenvalue weighted by Gasteiger charge is 2.30. The zero-order valence-electron chi connectivity index (χ0n) is 14.8. The molecule has 1 aliphatic heterocycles. The van der Waals surface area contributed by atoms with E-state index in [1.807, 2.05) is 11.8 Å². The normalized spacial score (nSPS) is 26.0. The first-order chi connectivity index (χ1) is 11.1. The Labute approximate surface area is 140 Å². The molecule has 0 spiro atoms. The fourth-order valence-corrected chi connectivity index (χ4v) is 3.79. The summed E-state index contributed by atoms with van der Waals surface area (Å²) in [5.41, 5.74) is 6.18. The van der Waals surface area contributed by atoms with Crippen LogP contribution in [0.3, 0.4) is 0 Å². The summed E-state index contributed by atoms with van der Waals surface area (Å²) < 4.78 is 11.2. The molecule has 3 unspecified atom stereocenters. The van der Waals surface area contributed by atoms with Crippen LogP contribution in [0.2, 0.25) is 0 Å². The summed E-state index contributed by atoms with van der Waals surface area (Å²) in [7, 11) is 1.72. The van der Waals surface area contributed by atoms with E-state index in [0.717, 1.165) is 32.5 Å². The molecule has 134 valence electrons. The molecule has 3 atom stereocenters. The highest BCUT2D eigenvalue weighted by molar-refractivity contribution is 5.82. The molecule has 1 aliphatic carbocycles. The quantitative estimate of drug-likeness (QED) is 0.779. The molecule has 2 fully saturated rings. The molecule has 5 nitrogen and oxygen atoms in total. The van der Waals surface area contributed by atoms with Crippen molar-refractivity contribution in [1.82, 2.24) is 4.90 Å². The van der Waals surface area contributed by atoms with Gasteiger partial charge in [0.1, 0.15) is 6.04 Å². The van der Waals surface area contributed by atoms with E-state index in [0.29, 0.717) is 18.4 Å². The van der Waals surface area contributed by atoms with Gasteiger partial charge in [-0.3, -0.25) is 4.79 Å². The molecule has 2 N–H and O–H groups in total. The van der Waals surface area contributed by atoms with Gasteiger partial charge in [-0.25, -0.2) is 0 Å². The molecule has 5 heteroatoms. The van der Waals surface area contributed by atoms with E-state index < -0.39 is 6.04 Å². The highest BCUT2D eigenvalue weighted by atomic mass is 16.5. The molecule has 2 rings (SSSR count). The van der Waals surface area contributed by atoms with Crippen molar-refractivity contribution in [3.63, 3.8) is 0 Å². The lowest BCUT2D eigenvalue weighted by molar-refractivity contribution is -0.138. The smallest absolute Gasteiger partial charge is 0.242 e. The van der Waals surface area contributed by atoms with Crippen molar-refractivity contribution in [2.24, 2.45) is 17.6 Å². The third-order valence-corrected chi connectivity index (χ3v) is 5.34. The fraction of sp³-hybridized carbons (Fsp3) is 0.944. The van der Waals surface area contributed by atoms with E-state index in [-0.39, 0.29) is 12.0 Å². The number of hydrogen-bond donors (Lipinski definition) is 1. The molecule has 0 radical (unpaired) electrons. The van der Waals surface area contributed by atoms with Gasteiger partial charge in [-0.05, 0) is 44.4 Å². The van der Waals surface area contributed by atoms with E-state index in [1.165, 1.54) is 32.1 Å². The minimum atomic E-state index is -0.556. The average molecular weight is 326 g/mol. The number of nitrogens with zero attached hydrogens (tertiary/aromatic N) is 1. The maximum absolute atomic E-state index is 12.6. The van der Waals surface area contributed by atoms with E-state index in [4.69, 9.17) is 15.2 Å². The zero-order valence-corrected chi connectivity index (χ0v) is 14.8. The highest BCUT2D eigenvalue weighted by Crippen LogP contribution is 2.24. The molecule has 1 saturated heterocycles. The lowest BCUT2D eigenvalue weighted by Crippen LogP contribution is -2.53. The number of ether oxygens (including phenoxy) is 2. The Morgan fingerprint density at radius 2 is 1.83 bits per heavy atom. The number of hydrogen-bond acceptors (Lipinski definition) is 4. The van der Waals surface area contributed by atoms with Gasteiger partial charge in [0, 0.05) is 26.8 Å². The topological polar surface area (TPSA) is 64.8 Å². The Balaban J connectivity index is 1.75. The second kappa shape index (κ2) is 9.60. The average Bonchev–Trinajstić information content (AvgIpc) is 2.60. The third-order valence-electron chi connectivity index (χ3n) is 5.34. The van der Waals surface area contributed by atoms with E-state index in [9.17, 15) is 4.79 Å². The van der Waals surface area contributed by atoms with Gasteiger partial charge in [-0.15, -0.1) is 0 Å². The first-order valence-electron chi connectivity index (χ1n) is 9.26. The Kier molecular flexibility index (Phi) is 7.80. The van der Waals surface area contributed by atoms with Gasteiger partial charge in [-0.1, -0.05) is 19.3 Å². The Hall–Kier alpha value is -0.650. The predicted molar refractivity (Wildman–Crippen MR) is 91.1 cm³/mol. The molecule has 0 aromatic carbocycles. The van der Waals surface area contributed by atoms with Crippen LogP contribution in [0.1, 0.15) is 51.9 Å². The number of carbonyl (C=O) groups excluding carboxylic acids is 1. The Morgan fingerprint density at radius 1 is 1.13 bits per heavy atom. The van der Waals surface area contributed by atoms with Gasteiger partial charge in [0.15, 0.2) is 0 Å². The fourth-order valence-electron chi connectivity index (χ4n) is 3.79. The van der Waals surface area contributed by atoms with Crippen LogP contribution in [-0.4, -0.2) is 56.4 Å². The summed E-state index contributed by atoms with van der Waals surface area (Å²) in [5.74, 6) is 1.11. The van der Waals surface area contributed by atoms with Crippen LogP contribution in [0.5, 0.6) is 0 Å². The van der Waals surface area contributed by atoms with E-state index in [2.05, 4.69) is 0 Å². The van der Waals surface area contributed by atoms with E-state index in [1.54, 1.807) is 7.11 Å². The number of amides is 1. The molecular weight excluding hydrogens is 292 g/mol. The molecule has 1 heterocycles. The van der Waals surface area contributed by atoms with Crippen LogP contribution in [0.25, 0.3) is 0 Å². The van der Waals surface area contributed by atoms with Crippen LogP contribution in [0, 0.1) is 11.8 Å². The lowest BCUT2D eigenvalue weighted by Gasteiger charge is -2.35. The van der Waals surface area contributed by atoms with Gasteiger partial charge in [-0.2, -0.15) is 0 Å². The van der Waals surface area contributed by atoms with Gasteiger partial charge in [0.25, 0.3) is 0 Å².